The summed E-state index contributed by atoms with van der Waals surface area (Å²) in [5, 5.41) is 5.35. The van der Waals surface area contributed by atoms with Crippen molar-refractivity contribution in [2.45, 2.75) is 19.4 Å². The molecule has 0 spiro atoms. The molecule has 8 nitrogen and oxygen atoms in total. The molecule has 4 aromatic rings. The molecule has 0 aliphatic heterocycles. The molecular weight excluding hydrogens is 480 g/mol. The van der Waals surface area contributed by atoms with E-state index in [0.29, 0.717) is 28.1 Å². The van der Waals surface area contributed by atoms with Crippen molar-refractivity contribution in [3.63, 3.8) is 0 Å². The van der Waals surface area contributed by atoms with Gasteiger partial charge in [-0.3, -0.25) is 19.4 Å². The summed E-state index contributed by atoms with van der Waals surface area (Å²) in [4.78, 5) is 48.3. The number of anilines is 1. The molecule has 0 aliphatic carbocycles. The van der Waals surface area contributed by atoms with Gasteiger partial charge in [0.05, 0.1) is 17.4 Å². The van der Waals surface area contributed by atoms with Gasteiger partial charge in [-0.15, -0.1) is 0 Å². The first kappa shape index (κ1) is 25.5. The van der Waals surface area contributed by atoms with Crippen molar-refractivity contribution in [2.75, 3.05) is 12.4 Å². The van der Waals surface area contributed by atoms with Crippen LogP contribution in [0.4, 0.5) is 14.5 Å². The molecule has 3 aromatic heterocycles. The Morgan fingerprint density at radius 1 is 1.00 bits per heavy atom. The first-order valence-electron chi connectivity index (χ1n) is 11.4. The minimum absolute atomic E-state index is 0.0728. The predicted molar refractivity (Wildman–Crippen MR) is 134 cm³/mol. The molecular formula is C27H23F2N5O3. The number of benzene rings is 1. The summed E-state index contributed by atoms with van der Waals surface area (Å²) in [5.41, 5.74) is 1.87. The lowest BCUT2D eigenvalue weighted by atomic mass is 10.00. The number of H-pyrrole nitrogens is 1. The van der Waals surface area contributed by atoms with E-state index < -0.39 is 23.4 Å². The summed E-state index contributed by atoms with van der Waals surface area (Å²) in [6, 6.07) is 12.0. The number of amides is 1. The average Bonchev–Trinajstić information content (AvgIpc) is 2.89. The number of nitrogens with zero attached hydrogens (tertiary/aromatic N) is 2. The molecule has 3 N–H and O–H groups in total. The van der Waals surface area contributed by atoms with Gasteiger partial charge in [-0.05, 0) is 74.1 Å². The van der Waals surface area contributed by atoms with E-state index in [-0.39, 0.29) is 29.4 Å². The van der Waals surface area contributed by atoms with Crippen LogP contribution in [0.15, 0.2) is 71.8 Å². The Kier molecular flexibility index (Phi) is 7.59. The molecule has 0 radical (unpaired) electrons. The fourth-order valence-corrected chi connectivity index (χ4v) is 3.63. The number of carbonyl (C=O) groups excluding carboxylic acids is 2. The zero-order chi connectivity index (χ0) is 26.5. The Morgan fingerprint density at radius 2 is 1.76 bits per heavy atom. The molecule has 0 saturated carbocycles. The maximum absolute atomic E-state index is 14.1. The fraction of sp³-hybridized carbons (Fsp3) is 0.148. The van der Waals surface area contributed by atoms with Crippen molar-refractivity contribution < 1.29 is 18.4 Å². The van der Waals surface area contributed by atoms with E-state index >= 15 is 0 Å². The molecule has 1 amide bonds. The molecule has 0 fully saturated rings. The molecule has 37 heavy (non-hydrogen) atoms. The standard InChI is InChI=1S/C27H23F2N5O3/c1-15(30-2)26(36)34-22-9-8-21(33-27(22)37)20-7-10-24(29)32-23(20)12-16-11-18(14-31-13-16)25(35)17-3-5-19(28)6-4-17/h3-11,13-15,30H,12H2,1-2H3,(H,33,37)(H,34,36)/t15-/m0/s1. The van der Waals surface area contributed by atoms with Crippen LogP contribution in [0.25, 0.3) is 11.3 Å². The summed E-state index contributed by atoms with van der Waals surface area (Å²) in [5.74, 6) is -1.87. The van der Waals surface area contributed by atoms with Crippen molar-refractivity contribution in [1.29, 1.82) is 0 Å². The van der Waals surface area contributed by atoms with Crippen LogP contribution >= 0.6 is 0 Å². The van der Waals surface area contributed by atoms with Crippen molar-refractivity contribution >= 4 is 17.4 Å². The number of rotatable bonds is 8. The lowest BCUT2D eigenvalue weighted by molar-refractivity contribution is -0.117. The van der Waals surface area contributed by atoms with Gasteiger partial charge in [0.1, 0.15) is 11.5 Å². The van der Waals surface area contributed by atoms with E-state index in [1.165, 1.54) is 54.9 Å². The molecule has 0 aliphatic rings. The van der Waals surface area contributed by atoms with Crippen LogP contribution in [0, 0.1) is 11.8 Å². The normalized spacial score (nSPS) is 11.7. The van der Waals surface area contributed by atoms with E-state index in [9.17, 15) is 23.2 Å². The number of nitrogens with one attached hydrogen (secondary N) is 3. The van der Waals surface area contributed by atoms with E-state index in [4.69, 9.17) is 0 Å². The zero-order valence-corrected chi connectivity index (χ0v) is 20.0. The number of aromatic nitrogens is 3. The Balaban J connectivity index is 1.62. The van der Waals surface area contributed by atoms with Crippen LogP contribution in [0.1, 0.15) is 34.1 Å². The zero-order valence-electron chi connectivity index (χ0n) is 20.0. The lowest BCUT2D eigenvalue weighted by Crippen LogP contribution is -2.36. The highest BCUT2D eigenvalue weighted by Crippen LogP contribution is 2.24. The molecule has 1 aromatic carbocycles. The molecule has 10 heteroatoms. The van der Waals surface area contributed by atoms with Crippen molar-refractivity contribution in [2.24, 2.45) is 0 Å². The molecule has 4 rings (SSSR count). The van der Waals surface area contributed by atoms with Gasteiger partial charge in [0.2, 0.25) is 11.9 Å². The highest BCUT2D eigenvalue weighted by atomic mass is 19.1. The number of aromatic amines is 1. The van der Waals surface area contributed by atoms with Gasteiger partial charge in [0.25, 0.3) is 5.56 Å². The van der Waals surface area contributed by atoms with E-state index in [2.05, 4.69) is 25.6 Å². The summed E-state index contributed by atoms with van der Waals surface area (Å²) in [7, 11) is 1.63. The summed E-state index contributed by atoms with van der Waals surface area (Å²) >= 11 is 0. The van der Waals surface area contributed by atoms with Gasteiger partial charge >= 0.3 is 0 Å². The lowest BCUT2D eigenvalue weighted by Gasteiger charge is -2.12. The maximum atomic E-state index is 14.1. The smallest absolute Gasteiger partial charge is 0.272 e. The SMILES string of the molecule is CN[C@@H](C)C(=O)Nc1ccc(-c2ccc(F)nc2Cc2cncc(C(=O)c3ccc(F)cc3)c2)[nH]c1=O. The van der Waals surface area contributed by atoms with Crippen LogP contribution in [-0.2, 0) is 11.2 Å². The minimum Gasteiger partial charge on any atom is -0.320 e. The number of hydrogen-bond acceptors (Lipinski definition) is 6. The minimum atomic E-state index is -0.711. The van der Waals surface area contributed by atoms with Gasteiger partial charge in [0.15, 0.2) is 5.78 Å². The molecule has 3 heterocycles. The van der Waals surface area contributed by atoms with Crippen LogP contribution in [0.2, 0.25) is 0 Å². The summed E-state index contributed by atoms with van der Waals surface area (Å²) < 4.78 is 27.3. The Labute approximate surface area is 210 Å². The Bertz CT molecular complexity index is 1520. The van der Waals surface area contributed by atoms with Crippen LogP contribution < -0.4 is 16.2 Å². The Hall–Kier alpha value is -4.57. The second-order valence-electron chi connectivity index (χ2n) is 8.34. The van der Waals surface area contributed by atoms with Gasteiger partial charge < -0.3 is 15.6 Å². The third-order valence-corrected chi connectivity index (χ3v) is 5.76. The highest BCUT2D eigenvalue weighted by Gasteiger charge is 2.16. The van der Waals surface area contributed by atoms with Crippen molar-refractivity contribution in [1.82, 2.24) is 20.3 Å². The number of likely N-dealkylation sites (N-methyl/N-ethyl adjacent to an activating group) is 1. The number of hydrogen-bond donors (Lipinski definition) is 3. The molecule has 0 unspecified atom stereocenters. The molecule has 0 bridgehead atoms. The largest absolute Gasteiger partial charge is 0.320 e. The highest BCUT2D eigenvalue weighted by molar-refractivity contribution is 6.08. The van der Waals surface area contributed by atoms with Crippen molar-refractivity contribution in [3.8, 4) is 11.3 Å². The predicted octanol–water partition coefficient (Wildman–Crippen LogP) is 3.48. The van der Waals surface area contributed by atoms with Gasteiger partial charge in [-0.25, -0.2) is 9.37 Å². The maximum Gasteiger partial charge on any atom is 0.272 e. The Morgan fingerprint density at radius 3 is 2.46 bits per heavy atom. The van der Waals surface area contributed by atoms with Gasteiger partial charge in [-0.2, -0.15) is 4.39 Å². The second-order valence-corrected chi connectivity index (χ2v) is 8.34. The number of pyridine rings is 3. The third kappa shape index (κ3) is 5.99. The van der Waals surface area contributed by atoms with Crippen LogP contribution in [0.3, 0.4) is 0 Å². The van der Waals surface area contributed by atoms with E-state index in [0.717, 1.165) is 0 Å². The van der Waals surface area contributed by atoms with Crippen LogP contribution in [-0.4, -0.2) is 39.7 Å². The fourth-order valence-electron chi connectivity index (χ4n) is 3.63. The van der Waals surface area contributed by atoms with E-state index in [1.54, 1.807) is 26.1 Å². The molecule has 188 valence electrons. The van der Waals surface area contributed by atoms with Gasteiger partial charge in [0, 0.05) is 35.5 Å². The monoisotopic (exact) mass is 503 g/mol. The molecule has 0 saturated heterocycles. The van der Waals surface area contributed by atoms with Crippen LogP contribution in [0.5, 0.6) is 0 Å². The summed E-state index contributed by atoms with van der Waals surface area (Å²) in [6.07, 6.45) is 3.04. The first-order valence-corrected chi connectivity index (χ1v) is 11.4. The number of ketones is 1. The topological polar surface area (TPSA) is 117 Å². The van der Waals surface area contributed by atoms with Gasteiger partial charge in [-0.1, -0.05) is 0 Å². The second kappa shape index (κ2) is 11.0. The van der Waals surface area contributed by atoms with Crippen molar-refractivity contribution in [3.05, 3.63) is 111 Å². The quantitative estimate of drug-likeness (QED) is 0.250. The third-order valence-electron chi connectivity index (χ3n) is 5.76. The number of halogens is 2. The average molecular weight is 504 g/mol. The number of carbonyl (C=O) groups is 2. The molecule has 1 atom stereocenters. The first-order chi connectivity index (χ1) is 17.7. The van der Waals surface area contributed by atoms with E-state index in [1.807, 2.05) is 0 Å². The summed E-state index contributed by atoms with van der Waals surface area (Å²) in [6.45, 7) is 1.66.